The summed E-state index contributed by atoms with van der Waals surface area (Å²) in [6.45, 7) is 2.00. The molecule has 0 aromatic heterocycles. The molecule has 13 heavy (non-hydrogen) atoms. The normalized spacial score (nSPS) is 24.6. The monoisotopic (exact) mass is 179 g/mol. The Hall–Kier alpha value is -1.56. The molecule has 3 aliphatic rings. The van der Waals surface area contributed by atoms with Crippen LogP contribution in [0, 0.1) is 0 Å². The van der Waals surface area contributed by atoms with Gasteiger partial charge in [-0.3, -0.25) is 4.99 Å². The van der Waals surface area contributed by atoms with Crippen molar-refractivity contribution in [3.63, 3.8) is 0 Å². The van der Waals surface area contributed by atoms with E-state index < -0.39 is 0 Å². The molecule has 0 radical (unpaired) electrons. The van der Waals surface area contributed by atoms with Gasteiger partial charge < -0.3 is 10.2 Å². The molecule has 0 bridgehead atoms. The lowest BCUT2D eigenvalue weighted by atomic mass is 10.3. The van der Waals surface area contributed by atoms with E-state index in [1.54, 1.807) is 5.01 Å². The van der Waals surface area contributed by atoms with E-state index in [1.165, 1.54) is 0 Å². The molecule has 68 valence electrons. The third-order valence-corrected chi connectivity index (χ3v) is 2.04. The standard InChI is InChI=1S/C7H9N5O/c1-2-13-7-5(8-1)3-6-10-9-4-12(6)11-7/h3,9-10H,1-2,4H2. The lowest BCUT2D eigenvalue weighted by Gasteiger charge is -2.21. The smallest absolute Gasteiger partial charge is 0.257 e. The number of hydrogen-bond donors (Lipinski definition) is 2. The highest BCUT2D eigenvalue weighted by atomic mass is 16.5. The number of nitrogens with one attached hydrogen (secondary N) is 2. The molecular formula is C7H9N5O. The summed E-state index contributed by atoms with van der Waals surface area (Å²) in [5.74, 6) is 1.55. The molecule has 0 aromatic carbocycles. The second kappa shape index (κ2) is 2.46. The average Bonchev–Trinajstić information content (AvgIpc) is 2.61. The Labute approximate surface area is 74.9 Å². The molecule has 0 spiro atoms. The fourth-order valence-corrected chi connectivity index (χ4v) is 1.43. The van der Waals surface area contributed by atoms with Gasteiger partial charge in [-0.05, 0) is 0 Å². The molecule has 0 saturated carbocycles. The van der Waals surface area contributed by atoms with Crippen molar-refractivity contribution in [2.45, 2.75) is 0 Å². The van der Waals surface area contributed by atoms with Gasteiger partial charge in [-0.15, -0.1) is 5.10 Å². The van der Waals surface area contributed by atoms with Crippen LogP contribution >= 0.6 is 0 Å². The first-order valence-corrected chi connectivity index (χ1v) is 4.18. The second-order valence-electron chi connectivity index (χ2n) is 2.91. The Morgan fingerprint density at radius 1 is 1.54 bits per heavy atom. The molecule has 0 atom stereocenters. The molecule has 0 amide bonds. The minimum Gasteiger partial charge on any atom is -0.473 e. The van der Waals surface area contributed by atoms with Crippen LogP contribution in [-0.2, 0) is 4.74 Å². The van der Waals surface area contributed by atoms with E-state index in [-0.39, 0.29) is 0 Å². The summed E-state index contributed by atoms with van der Waals surface area (Å²) < 4.78 is 5.37. The lowest BCUT2D eigenvalue weighted by molar-refractivity contribution is 0.292. The number of hydrogen-bond acceptors (Lipinski definition) is 6. The summed E-state index contributed by atoms with van der Waals surface area (Å²) in [4.78, 5) is 4.30. The maximum atomic E-state index is 5.37. The molecule has 0 unspecified atom stereocenters. The number of fused-ring (bicyclic) bond motifs is 2. The van der Waals surface area contributed by atoms with E-state index in [2.05, 4.69) is 20.9 Å². The van der Waals surface area contributed by atoms with Crippen molar-refractivity contribution in [2.75, 3.05) is 19.8 Å². The molecule has 0 aliphatic carbocycles. The number of rotatable bonds is 0. The third-order valence-electron chi connectivity index (χ3n) is 2.04. The van der Waals surface area contributed by atoms with Crippen LogP contribution in [0.2, 0.25) is 0 Å². The van der Waals surface area contributed by atoms with Gasteiger partial charge in [0, 0.05) is 6.08 Å². The van der Waals surface area contributed by atoms with Crippen molar-refractivity contribution in [3.05, 3.63) is 11.9 Å². The predicted octanol–water partition coefficient (Wildman–Crippen LogP) is -1.01. The van der Waals surface area contributed by atoms with Crippen molar-refractivity contribution < 1.29 is 4.74 Å². The van der Waals surface area contributed by atoms with Gasteiger partial charge in [0.15, 0.2) is 0 Å². The van der Waals surface area contributed by atoms with Crippen molar-refractivity contribution in [2.24, 2.45) is 10.1 Å². The molecule has 3 rings (SSSR count). The molecular weight excluding hydrogens is 170 g/mol. The molecule has 6 nitrogen and oxygen atoms in total. The number of hydrazone groups is 1. The van der Waals surface area contributed by atoms with Gasteiger partial charge in [0.1, 0.15) is 24.8 Å². The minimum absolute atomic E-state index is 0.625. The Morgan fingerprint density at radius 2 is 2.54 bits per heavy atom. The SMILES string of the molecule is C1=C2NNCN2N=C2OCCN=C12. The second-order valence-corrected chi connectivity index (χ2v) is 2.91. The van der Waals surface area contributed by atoms with Crippen LogP contribution in [0.5, 0.6) is 0 Å². The average molecular weight is 179 g/mol. The zero-order chi connectivity index (χ0) is 8.67. The van der Waals surface area contributed by atoms with Gasteiger partial charge in [-0.1, -0.05) is 0 Å². The van der Waals surface area contributed by atoms with E-state index in [0.29, 0.717) is 25.7 Å². The highest BCUT2D eigenvalue weighted by Gasteiger charge is 2.26. The van der Waals surface area contributed by atoms with Crippen LogP contribution in [0.25, 0.3) is 0 Å². The van der Waals surface area contributed by atoms with Gasteiger partial charge in [0.05, 0.1) is 6.54 Å². The highest BCUT2D eigenvalue weighted by molar-refractivity contribution is 6.44. The zero-order valence-corrected chi connectivity index (χ0v) is 6.95. The molecule has 2 N–H and O–H groups in total. The number of ether oxygens (including phenoxy) is 1. The van der Waals surface area contributed by atoms with Crippen LogP contribution in [0.1, 0.15) is 0 Å². The molecule has 3 aliphatic heterocycles. The topological polar surface area (TPSA) is 61.2 Å². The van der Waals surface area contributed by atoms with Gasteiger partial charge in [-0.25, -0.2) is 10.4 Å². The van der Waals surface area contributed by atoms with Gasteiger partial charge >= 0.3 is 0 Å². The summed E-state index contributed by atoms with van der Waals surface area (Å²) in [7, 11) is 0. The number of aliphatic imine (C=N–C) groups is 1. The summed E-state index contributed by atoms with van der Waals surface area (Å²) in [6, 6.07) is 0. The minimum atomic E-state index is 0.625. The van der Waals surface area contributed by atoms with E-state index in [4.69, 9.17) is 4.74 Å². The van der Waals surface area contributed by atoms with Crippen LogP contribution in [-0.4, -0.2) is 36.4 Å². The van der Waals surface area contributed by atoms with Crippen LogP contribution in [0.15, 0.2) is 22.0 Å². The van der Waals surface area contributed by atoms with Crippen LogP contribution in [0.3, 0.4) is 0 Å². The summed E-state index contributed by atoms with van der Waals surface area (Å²) >= 11 is 0. The van der Waals surface area contributed by atoms with Crippen molar-refractivity contribution in [1.82, 2.24) is 15.9 Å². The van der Waals surface area contributed by atoms with Crippen LogP contribution in [0.4, 0.5) is 0 Å². The van der Waals surface area contributed by atoms with Crippen molar-refractivity contribution in [1.29, 1.82) is 0 Å². The molecule has 6 heteroatoms. The maximum Gasteiger partial charge on any atom is 0.257 e. The zero-order valence-electron chi connectivity index (χ0n) is 6.95. The first kappa shape index (κ1) is 6.90. The van der Waals surface area contributed by atoms with Gasteiger partial charge in [-0.2, -0.15) is 0 Å². The Bertz CT molecular complexity index is 332. The van der Waals surface area contributed by atoms with Crippen molar-refractivity contribution >= 4 is 11.6 Å². The largest absolute Gasteiger partial charge is 0.473 e. The first-order valence-electron chi connectivity index (χ1n) is 4.18. The molecule has 0 aromatic rings. The van der Waals surface area contributed by atoms with E-state index in [0.717, 1.165) is 11.5 Å². The lowest BCUT2D eigenvalue weighted by Crippen LogP contribution is -2.32. The van der Waals surface area contributed by atoms with E-state index in [9.17, 15) is 0 Å². The van der Waals surface area contributed by atoms with E-state index >= 15 is 0 Å². The Kier molecular flexibility index (Phi) is 1.31. The van der Waals surface area contributed by atoms with Gasteiger partial charge in [0.25, 0.3) is 5.90 Å². The summed E-state index contributed by atoms with van der Waals surface area (Å²) in [5.41, 5.74) is 6.78. The first-order chi connectivity index (χ1) is 6.43. The van der Waals surface area contributed by atoms with E-state index in [1.807, 2.05) is 6.08 Å². The molecule has 1 saturated heterocycles. The predicted molar refractivity (Wildman–Crippen MR) is 46.7 cm³/mol. The van der Waals surface area contributed by atoms with Crippen LogP contribution < -0.4 is 10.9 Å². The molecule has 3 heterocycles. The Balaban J connectivity index is 2.01. The Morgan fingerprint density at radius 3 is 3.54 bits per heavy atom. The number of nitrogens with zero attached hydrogens (tertiary/aromatic N) is 3. The fraction of sp³-hybridized carbons (Fsp3) is 0.429. The summed E-state index contributed by atoms with van der Waals surface area (Å²) in [5, 5.41) is 6.07. The van der Waals surface area contributed by atoms with Crippen molar-refractivity contribution in [3.8, 4) is 0 Å². The number of hydrazine groups is 1. The highest BCUT2D eigenvalue weighted by Crippen LogP contribution is 2.13. The third kappa shape index (κ3) is 0.988. The maximum absolute atomic E-state index is 5.37. The fourth-order valence-electron chi connectivity index (χ4n) is 1.43. The quantitative estimate of drug-likeness (QED) is 0.500. The van der Waals surface area contributed by atoms with Gasteiger partial charge in [0.2, 0.25) is 0 Å². The molecule has 1 fully saturated rings. The summed E-state index contributed by atoms with van der Waals surface area (Å²) in [6.07, 6.45) is 1.93.